The summed E-state index contributed by atoms with van der Waals surface area (Å²) in [5.41, 5.74) is 0.320. The number of aliphatic carboxylic acids is 1. The Hall–Kier alpha value is -1.60. The van der Waals surface area contributed by atoms with Crippen molar-refractivity contribution in [3.63, 3.8) is 0 Å². The van der Waals surface area contributed by atoms with Gasteiger partial charge in [-0.15, -0.1) is 0 Å². The lowest BCUT2D eigenvalue weighted by atomic mass is 10.2. The van der Waals surface area contributed by atoms with E-state index in [2.05, 4.69) is 0 Å². The highest BCUT2D eigenvalue weighted by Gasteiger charge is 2.20. The summed E-state index contributed by atoms with van der Waals surface area (Å²) in [7, 11) is -3.88. The third kappa shape index (κ3) is 4.53. The van der Waals surface area contributed by atoms with Crippen molar-refractivity contribution in [2.24, 2.45) is 11.1 Å². The average molecular weight is 286 g/mol. The summed E-state index contributed by atoms with van der Waals surface area (Å²) in [6, 6.07) is 6.14. The summed E-state index contributed by atoms with van der Waals surface area (Å²) in [5.74, 6) is -0.835. The van der Waals surface area contributed by atoms with E-state index in [1.807, 2.05) is 13.8 Å². The van der Waals surface area contributed by atoms with Crippen LogP contribution in [0.3, 0.4) is 0 Å². The Balaban J connectivity index is 3.26. The van der Waals surface area contributed by atoms with E-state index in [0.717, 1.165) is 0 Å². The molecule has 106 valence electrons. The maximum absolute atomic E-state index is 11.5. The number of para-hydroxylation sites is 1. The minimum Gasteiger partial charge on any atom is -0.480 e. The van der Waals surface area contributed by atoms with E-state index >= 15 is 0 Å². The second-order valence-electron chi connectivity index (χ2n) is 4.68. The maximum atomic E-state index is 11.5. The zero-order valence-corrected chi connectivity index (χ0v) is 11.7. The van der Waals surface area contributed by atoms with Crippen LogP contribution in [0.1, 0.15) is 13.8 Å². The Morgan fingerprint density at radius 2 is 1.95 bits per heavy atom. The van der Waals surface area contributed by atoms with E-state index in [1.165, 1.54) is 11.0 Å². The molecule has 0 aliphatic rings. The van der Waals surface area contributed by atoms with Crippen LogP contribution in [0, 0.1) is 5.92 Å². The predicted molar refractivity (Wildman–Crippen MR) is 72.5 cm³/mol. The molecule has 1 aromatic carbocycles. The molecule has 0 aliphatic carbocycles. The van der Waals surface area contributed by atoms with Gasteiger partial charge in [0, 0.05) is 6.54 Å². The Labute approximate surface area is 112 Å². The number of carbonyl (C=O) groups is 1. The third-order valence-electron chi connectivity index (χ3n) is 2.42. The highest BCUT2D eigenvalue weighted by Crippen LogP contribution is 2.24. The molecule has 0 atom stereocenters. The molecular weight excluding hydrogens is 268 g/mol. The summed E-state index contributed by atoms with van der Waals surface area (Å²) in [4.78, 5) is 12.4. The molecule has 6 nitrogen and oxygen atoms in total. The van der Waals surface area contributed by atoms with Crippen LogP contribution in [0.2, 0.25) is 0 Å². The van der Waals surface area contributed by atoms with Gasteiger partial charge in [-0.05, 0) is 18.1 Å². The van der Waals surface area contributed by atoms with E-state index in [9.17, 15) is 13.2 Å². The zero-order chi connectivity index (χ0) is 14.6. The molecule has 0 spiro atoms. The van der Waals surface area contributed by atoms with Gasteiger partial charge in [-0.25, -0.2) is 13.6 Å². The number of carboxylic acids is 1. The maximum Gasteiger partial charge on any atom is 0.323 e. The van der Waals surface area contributed by atoms with Crippen molar-refractivity contribution in [1.82, 2.24) is 0 Å². The lowest BCUT2D eigenvalue weighted by Crippen LogP contribution is -2.34. The van der Waals surface area contributed by atoms with Crippen molar-refractivity contribution >= 4 is 21.7 Å². The topological polar surface area (TPSA) is 101 Å². The Morgan fingerprint density at radius 3 is 2.42 bits per heavy atom. The van der Waals surface area contributed by atoms with Crippen molar-refractivity contribution in [3.8, 4) is 0 Å². The van der Waals surface area contributed by atoms with Crippen LogP contribution in [-0.4, -0.2) is 32.6 Å². The van der Waals surface area contributed by atoms with Crippen LogP contribution in [-0.2, 0) is 14.8 Å². The summed E-state index contributed by atoms with van der Waals surface area (Å²) in [5, 5.41) is 14.1. The molecule has 7 heteroatoms. The summed E-state index contributed by atoms with van der Waals surface area (Å²) in [6.07, 6.45) is 0. The van der Waals surface area contributed by atoms with Gasteiger partial charge in [0.15, 0.2) is 0 Å². The molecule has 0 aliphatic heterocycles. The first-order valence-corrected chi connectivity index (χ1v) is 7.35. The first kappa shape index (κ1) is 15.5. The van der Waals surface area contributed by atoms with Gasteiger partial charge < -0.3 is 10.0 Å². The standard InChI is InChI=1S/C12H18N2O4S/c1-9(2)7-14(8-12(15)16)10-5-3-4-6-11(10)19(13,17)18/h3-6,9H,7-8H2,1-2H3,(H,15,16)(H2,13,17,18). The van der Waals surface area contributed by atoms with E-state index in [4.69, 9.17) is 10.2 Å². The van der Waals surface area contributed by atoms with Crippen LogP contribution in [0.4, 0.5) is 5.69 Å². The number of primary sulfonamides is 1. The molecule has 1 rings (SSSR count). The normalized spacial score (nSPS) is 11.6. The molecule has 0 aromatic heterocycles. The smallest absolute Gasteiger partial charge is 0.323 e. The summed E-state index contributed by atoms with van der Waals surface area (Å²) in [6.45, 7) is 4.01. The molecule has 19 heavy (non-hydrogen) atoms. The van der Waals surface area contributed by atoms with Gasteiger partial charge in [-0.3, -0.25) is 4.79 Å². The minimum absolute atomic E-state index is 0.0584. The van der Waals surface area contributed by atoms with Crippen LogP contribution < -0.4 is 10.0 Å². The number of benzene rings is 1. The number of carboxylic acid groups (broad SMARTS) is 1. The fourth-order valence-electron chi connectivity index (χ4n) is 1.81. The van der Waals surface area contributed by atoms with Crippen LogP contribution in [0.15, 0.2) is 29.2 Å². The van der Waals surface area contributed by atoms with Gasteiger partial charge in [0.1, 0.15) is 11.4 Å². The fourth-order valence-corrected chi connectivity index (χ4v) is 2.57. The van der Waals surface area contributed by atoms with Gasteiger partial charge in [0.25, 0.3) is 0 Å². The van der Waals surface area contributed by atoms with Gasteiger partial charge in [-0.2, -0.15) is 0 Å². The zero-order valence-electron chi connectivity index (χ0n) is 10.9. The van der Waals surface area contributed by atoms with Crippen LogP contribution >= 0.6 is 0 Å². The summed E-state index contributed by atoms with van der Waals surface area (Å²) < 4.78 is 23.1. The summed E-state index contributed by atoms with van der Waals surface area (Å²) >= 11 is 0. The van der Waals surface area contributed by atoms with Crippen molar-refractivity contribution in [3.05, 3.63) is 24.3 Å². The molecule has 0 heterocycles. The Bertz CT molecular complexity index is 555. The highest BCUT2D eigenvalue weighted by atomic mass is 32.2. The monoisotopic (exact) mass is 286 g/mol. The van der Waals surface area contributed by atoms with Gasteiger partial charge in [0.05, 0.1) is 5.69 Å². The predicted octanol–water partition coefficient (Wildman–Crippen LogP) is 0.881. The molecule has 1 aromatic rings. The number of rotatable bonds is 6. The fraction of sp³-hybridized carbons (Fsp3) is 0.417. The van der Waals surface area contributed by atoms with Crippen molar-refractivity contribution in [2.75, 3.05) is 18.0 Å². The van der Waals surface area contributed by atoms with Crippen LogP contribution in [0.25, 0.3) is 0 Å². The second-order valence-corrected chi connectivity index (χ2v) is 6.21. The van der Waals surface area contributed by atoms with E-state index in [-0.39, 0.29) is 17.4 Å². The van der Waals surface area contributed by atoms with Crippen molar-refractivity contribution in [2.45, 2.75) is 18.7 Å². The molecule has 0 bridgehead atoms. The second kappa shape index (κ2) is 6.03. The van der Waals surface area contributed by atoms with E-state index < -0.39 is 16.0 Å². The Kier molecular flexibility index (Phi) is 4.90. The lowest BCUT2D eigenvalue weighted by molar-refractivity contribution is -0.135. The first-order valence-electron chi connectivity index (χ1n) is 5.80. The highest BCUT2D eigenvalue weighted by molar-refractivity contribution is 7.89. The molecule has 0 unspecified atom stereocenters. The van der Waals surface area contributed by atoms with E-state index in [0.29, 0.717) is 12.2 Å². The SMILES string of the molecule is CC(C)CN(CC(=O)O)c1ccccc1S(N)(=O)=O. The molecular formula is C12H18N2O4S. The average Bonchev–Trinajstić information content (AvgIpc) is 2.25. The minimum atomic E-state index is -3.88. The lowest BCUT2D eigenvalue weighted by Gasteiger charge is -2.26. The van der Waals surface area contributed by atoms with Crippen LogP contribution in [0.5, 0.6) is 0 Å². The number of sulfonamides is 1. The molecule has 0 saturated carbocycles. The number of anilines is 1. The molecule has 3 N–H and O–H groups in total. The largest absolute Gasteiger partial charge is 0.480 e. The molecule has 0 saturated heterocycles. The first-order chi connectivity index (χ1) is 8.71. The molecule has 0 amide bonds. The quantitative estimate of drug-likeness (QED) is 0.808. The van der Waals surface area contributed by atoms with Crippen molar-refractivity contribution < 1.29 is 18.3 Å². The number of hydrogen-bond donors (Lipinski definition) is 2. The molecule has 0 radical (unpaired) electrons. The third-order valence-corrected chi connectivity index (χ3v) is 3.38. The van der Waals surface area contributed by atoms with Gasteiger partial charge in [0.2, 0.25) is 10.0 Å². The van der Waals surface area contributed by atoms with Gasteiger partial charge >= 0.3 is 5.97 Å². The number of nitrogens with two attached hydrogens (primary N) is 1. The van der Waals surface area contributed by atoms with Crippen molar-refractivity contribution in [1.29, 1.82) is 0 Å². The van der Waals surface area contributed by atoms with Gasteiger partial charge in [-0.1, -0.05) is 26.0 Å². The number of nitrogens with zero attached hydrogens (tertiary/aromatic N) is 1. The number of hydrogen-bond acceptors (Lipinski definition) is 4. The van der Waals surface area contributed by atoms with E-state index in [1.54, 1.807) is 18.2 Å². The Morgan fingerprint density at radius 1 is 1.37 bits per heavy atom. The molecule has 0 fully saturated rings.